The summed E-state index contributed by atoms with van der Waals surface area (Å²) in [5, 5.41) is 11.7. The minimum Gasteiger partial charge on any atom is -0.497 e. The Labute approximate surface area is 155 Å². The lowest BCUT2D eigenvalue weighted by Crippen LogP contribution is -2.37. The Morgan fingerprint density at radius 1 is 1.23 bits per heavy atom. The Morgan fingerprint density at radius 2 is 1.88 bits per heavy atom. The third kappa shape index (κ3) is 4.95. The van der Waals surface area contributed by atoms with Crippen LogP contribution in [0.15, 0.2) is 42.5 Å². The van der Waals surface area contributed by atoms with Crippen molar-refractivity contribution in [2.75, 3.05) is 7.11 Å². The molecule has 2 N–H and O–H groups in total. The largest absolute Gasteiger partial charge is 0.497 e. The van der Waals surface area contributed by atoms with Gasteiger partial charge >= 0.3 is 5.97 Å². The van der Waals surface area contributed by atoms with Crippen molar-refractivity contribution in [3.63, 3.8) is 0 Å². The number of methoxy groups -OCH3 is 1. The summed E-state index contributed by atoms with van der Waals surface area (Å²) in [7, 11) is 1.57. The number of hydrogen-bond donors (Lipinski definition) is 2. The van der Waals surface area contributed by atoms with E-state index in [9.17, 15) is 19.1 Å². The van der Waals surface area contributed by atoms with Crippen LogP contribution in [0.1, 0.15) is 24.1 Å². The van der Waals surface area contributed by atoms with Crippen LogP contribution in [0, 0.1) is 11.7 Å². The van der Waals surface area contributed by atoms with E-state index in [0.29, 0.717) is 12.2 Å². The van der Waals surface area contributed by atoms with Gasteiger partial charge in [-0.25, -0.2) is 9.18 Å². The van der Waals surface area contributed by atoms with Crippen molar-refractivity contribution in [1.82, 2.24) is 5.32 Å². The summed E-state index contributed by atoms with van der Waals surface area (Å²) in [5.41, 5.74) is 1.03. The van der Waals surface area contributed by atoms with Crippen LogP contribution in [0.3, 0.4) is 0 Å². The molecule has 7 heteroatoms. The first-order chi connectivity index (χ1) is 12.3. The first-order valence-electron chi connectivity index (χ1n) is 7.93. The highest BCUT2D eigenvalue weighted by Crippen LogP contribution is 2.21. The fourth-order valence-corrected chi connectivity index (χ4v) is 2.59. The summed E-state index contributed by atoms with van der Waals surface area (Å²) in [6.07, 6.45) is 0.428. The standard InChI is InChI=1S/C19H19ClFNO4/c1-11(9-12-3-6-14(26-2)7-4-12)18(23)22-17(19(24)25)13-5-8-15(20)16(21)10-13/h3-8,10-11,17H,9H2,1-2H3,(H,22,23)(H,24,25). The summed E-state index contributed by atoms with van der Waals surface area (Å²) in [5.74, 6) is -2.22. The number of carbonyl (C=O) groups excluding carboxylic acids is 1. The van der Waals surface area contributed by atoms with E-state index in [4.69, 9.17) is 16.3 Å². The molecular weight excluding hydrogens is 361 g/mol. The minimum absolute atomic E-state index is 0.114. The van der Waals surface area contributed by atoms with Crippen molar-refractivity contribution in [3.05, 3.63) is 64.4 Å². The minimum atomic E-state index is -1.35. The lowest BCUT2D eigenvalue weighted by Gasteiger charge is -2.18. The second-order valence-electron chi connectivity index (χ2n) is 5.91. The molecule has 2 rings (SSSR count). The van der Waals surface area contributed by atoms with Crippen molar-refractivity contribution < 1.29 is 23.8 Å². The maximum Gasteiger partial charge on any atom is 0.330 e. The molecule has 0 spiro atoms. The number of amides is 1. The second-order valence-corrected chi connectivity index (χ2v) is 6.31. The lowest BCUT2D eigenvalue weighted by molar-refractivity contribution is -0.142. The SMILES string of the molecule is COc1ccc(CC(C)C(=O)NC(C(=O)O)c2ccc(Cl)c(F)c2)cc1. The Balaban J connectivity index is 2.08. The van der Waals surface area contributed by atoms with Crippen LogP contribution in [0.25, 0.3) is 0 Å². The molecule has 0 saturated heterocycles. The van der Waals surface area contributed by atoms with E-state index >= 15 is 0 Å². The molecule has 0 aliphatic rings. The van der Waals surface area contributed by atoms with Gasteiger partial charge < -0.3 is 15.2 Å². The average Bonchev–Trinajstić information content (AvgIpc) is 2.62. The molecule has 2 aromatic rings. The van der Waals surface area contributed by atoms with Crippen LogP contribution in [0.2, 0.25) is 5.02 Å². The molecule has 0 heterocycles. The van der Waals surface area contributed by atoms with E-state index < -0.39 is 29.7 Å². The molecule has 2 aromatic carbocycles. The summed E-state index contributed by atoms with van der Waals surface area (Å²) >= 11 is 5.61. The third-order valence-electron chi connectivity index (χ3n) is 3.96. The molecule has 0 saturated carbocycles. The number of nitrogens with one attached hydrogen (secondary N) is 1. The van der Waals surface area contributed by atoms with Crippen LogP contribution in [0.5, 0.6) is 5.75 Å². The predicted octanol–water partition coefficient (Wildman–Crippen LogP) is 3.61. The van der Waals surface area contributed by atoms with Gasteiger partial charge in [0.2, 0.25) is 5.91 Å². The molecule has 0 fully saturated rings. The normalized spacial score (nSPS) is 12.9. The van der Waals surface area contributed by atoms with Crippen molar-refractivity contribution in [2.24, 2.45) is 5.92 Å². The van der Waals surface area contributed by atoms with E-state index in [-0.39, 0.29) is 10.6 Å². The zero-order chi connectivity index (χ0) is 19.3. The van der Waals surface area contributed by atoms with E-state index in [1.807, 2.05) is 12.1 Å². The molecule has 5 nitrogen and oxygen atoms in total. The average molecular weight is 380 g/mol. The number of halogens is 2. The number of rotatable bonds is 7. The number of carboxylic acid groups (broad SMARTS) is 1. The Kier molecular flexibility index (Phi) is 6.58. The molecule has 0 radical (unpaired) electrons. The van der Waals surface area contributed by atoms with Gasteiger partial charge in [0.1, 0.15) is 11.6 Å². The highest BCUT2D eigenvalue weighted by Gasteiger charge is 2.25. The topological polar surface area (TPSA) is 75.6 Å². The van der Waals surface area contributed by atoms with E-state index in [0.717, 1.165) is 11.6 Å². The van der Waals surface area contributed by atoms with Crippen molar-refractivity contribution >= 4 is 23.5 Å². The summed E-state index contributed by atoms with van der Waals surface area (Å²) in [6, 6.07) is 9.54. The number of aliphatic carboxylic acids is 1. The Morgan fingerprint density at radius 3 is 2.42 bits per heavy atom. The number of carboxylic acids is 1. The molecule has 2 unspecified atom stereocenters. The summed E-state index contributed by atoms with van der Waals surface area (Å²) < 4.78 is 18.7. The fourth-order valence-electron chi connectivity index (χ4n) is 2.47. The molecule has 0 aliphatic carbocycles. The Hall–Kier alpha value is -2.60. The summed E-state index contributed by atoms with van der Waals surface area (Å²) in [4.78, 5) is 23.9. The van der Waals surface area contributed by atoms with Gasteiger partial charge in [-0.1, -0.05) is 36.7 Å². The van der Waals surface area contributed by atoms with Gasteiger partial charge in [-0.05, 0) is 41.8 Å². The molecule has 0 aromatic heterocycles. The number of carbonyl (C=O) groups is 2. The monoisotopic (exact) mass is 379 g/mol. The third-order valence-corrected chi connectivity index (χ3v) is 4.27. The van der Waals surface area contributed by atoms with E-state index in [1.54, 1.807) is 26.2 Å². The molecule has 138 valence electrons. The summed E-state index contributed by atoms with van der Waals surface area (Å²) in [6.45, 7) is 1.70. The molecule has 1 amide bonds. The Bertz CT molecular complexity index is 795. The highest BCUT2D eigenvalue weighted by molar-refractivity contribution is 6.30. The quantitative estimate of drug-likeness (QED) is 0.770. The van der Waals surface area contributed by atoms with Crippen LogP contribution in [-0.2, 0) is 16.0 Å². The first kappa shape index (κ1) is 19.7. The van der Waals surface area contributed by atoms with Gasteiger partial charge in [-0.2, -0.15) is 0 Å². The fraction of sp³-hybridized carbons (Fsp3) is 0.263. The van der Waals surface area contributed by atoms with Crippen LogP contribution < -0.4 is 10.1 Å². The number of benzene rings is 2. The molecular formula is C19H19ClFNO4. The van der Waals surface area contributed by atoms with Crippen molar-refractivity contribution in [3.8, 4) is 5.75 Å². The van der Waals surface area contributed by atoms with Crippen LogP contribution >= 0.6 is 11.6 Å². The van der Waals surface area contributed by atoms with Gasteiger partial charge in [-0.3, -0.25) is 4.79 Å². The molecule has 26 heavy (non-hydrogen) atoms. The number of ether oxygens (including phenoxy) is 1. The second kappa shape index (κ2) is 8.67. The molecule has 2 atom stereocenters. The van der Waals surface area contributed by atoms with Crippen LogP contribution in [0.4, 0.5) is 4.39 Å². The van der Waals surface area contributed by atoms with Gasteiger partial charge in [-0.15, -0.1) is 0 Å². The smallest absolute Gasteiger partial charge is 0.330 e. The highest BCUT2D eigenvalue weighted by atomic mass is 35.5. The van der Waals surface area contributed by atoms with Gasteiger partial charge in [0.05, 0.1) is 12.1 Å². The molecule has 0 bridgehead atoms. The van der Waals surface area contributed by atoms with Gasteiger partial charge in [0, 0.05) is 5.92 Å². The van der Waals surface area contributed by atoms with Gasteiger partial charge in [0.25, 0.3) is 0 Å². The zero-order valence-corrected chi connectivity index (χ0v) is 15.1. The molecule has 0 aliphatic heterocycles. The van der Waals surface area contributed by atoms with Gasteiger partial charge in [0.15, 0.2) is 6.04 Å². The zero-order valence-electron chi connectivity index (χ0n) is 14.3. The van der Waals surface area contributed by atoms with E-state index in [1.165, 1.54) is 12.1 Å². The van der Waals surface area contributed by atoms with Crippen molar-refractivity contribution in [1.29, 1.82) is 0 Å². The maximum absolute atomic E-state index is 13.6. The van der Waals surface area contributed by atoms with Crippen molar-refractivity contribution in [2.45, 2.75) is 19.4 Å². The van der Waals surface area contributed by atoms with E-state index in [2.05, 4.69) is 5.32 Å². The van der Waals surface area contributed by atoms with Crippen LogP contribution in [-0.4, -0.2) is 24.1 Å². The predicted molar refractivity (Wildman–Crippen MR) is 95.8 cm³/mol. The lowest BCUT2D eigenvalue weighted by atomic mass is 9.99. The maximum atomic E-state index is 13.6. The first-order valence-corrected chi connectivity index (χ1v) is 8.30. The number of hydrogen-bond acceptors (Lipinski definition) is 3.